The van der Waals surface area contributed by atoms with Gasteiger partial charge in [-0.3, -0.25) is 0 Å². The molecule has 1 aliphatic heterocycles. The van der Waals surface area contributed by atoms with Crippen LogP contribution in [0.2, 0.25) is 0 Å². The van der Waals surface area contributed by atoms with Crippen LogP contribution in [0.15, 0.2) is 0 Å². The van der Waals surface area contributed by atoms with E-state index >= 15 is 0 Å². The second-order valence-corrected chi connectivity index (χ2v) is 4.82. The number of carbonyl (C=O) groups is 1. The van der Waals surface area contributed by atoms with Gasteiger partial charge in [0.25, 0.3) is 0 Å². The predicted octanol–water partition coefficient (Wildman–Crippen LogP) is 2.53. The Morgan fingerprint density at radius 2 is 2.07 bits per heavy atom. The van der Waals surface area contributed by atoms with Gasteiger partial charge in [-0.1, -0.05) is 33.6 Å². The van der Waals surface area contributed by atoms with Gasteiger partial charge in [-0.25, -0.2) is 4.79 Å². The summed E-state index contributed by atoms with van der Waals surface area (Å²) in [6.45, 7) is 8.17. The highest BCUT2D eigenvalue weighted by atomic mass is 16.7. The van der Waals surface area contributed by atoms with Crippen LogP contribution in [-0.2, 0) is 14.3 Å². The molecule has 1 fully saturated rings. The maximum Gasteiger partial charge on any atom is 0.341 e. The average Bonchev–Trinajstić information content (AvgIpc) is 2.83. The second-order valence-electron chi connectivity index (χ2n) is 4.82. The van der Waals surface area contributed by atoms with Crippen LogP contribution in [0.4, 0.5) is 0 Å². The second kappa shape index (κ2) is 4.12. The first kappa shape index (κ1) is 12.5. The minimum Gasteiger partial charge on any atom is -0.467 e. The SMILES string of the molecule is CCCCC1(C)OC1(C(=O)OC)C(C)C. The van der Waals surface area contributed by atoms with Crippen LogP contribution in [0.5, 0.6) is 0 Å². The van der Waals surface area contributed by atoms with E-state index in [1.54, 1.807) is 0 Å². The molecule has 0 saturated carbocycles. The summed E-state index contributed by atoms with van der Waals surface area (Å²) in [5, 5.41) is 0. The minimum absolute atomic E-state index is 0.159. The number of ether oxygens (including phenoxy) is 2. The molecule has 2 atom stereocenters. The molecule has 1 aliphatic rings. The summed E-state index contributed by atoms with van der Waals surface area (Å²) >= 11 is 0. The zero-order chi connectivity index (χ0) is 11.7. The highest BCUT2D eigenvalue weighted by molar-refractivity contribution is 5.85. The van der Waals surface area contributed by atoms with Crippen LogP contribution >= 0.6 is 0 Å². The Bertz CT molecular complexity index is 249. The molecule has 0 amide bonds. The highest BCUT2D eigenvalue weighted by Gasteiger charge is 2.73. The minimum atomic E-state index is -0.697. The lowest BCUT2D eigenvalue weighted by Crippen LogP contribution is -2.38. The van der Waals surface area contributed by atoms with E-state index < -0.39 is 5.60 Å². The van der Waals surface area contributed by atoms with Crippen LogP contribution in [0.1, 0.15) is 47.0 Å². The molecule has 1 saturated heterocycles. The molecule has 1 rings (SSSR count). The number of rotatable bonds is 5. The van der Waals surface area contributed by atoms with Crippen molar-refractivity contribution in [1.29, 1.82) is 0 Å². The van der Waals surface area contributed by atoms with Crippen molar-refractivity contribution < 1.29 is 14.3 Å². The van der Waals surface area contributed by atoms with Gasteiger partial charge < -0.3 is 9.47 Å². The molecule has 0 aliphatic carbocycles. The van der Waals surface area contributed by atoms with Crippen molar-refractivity contribution in [2.24, 2.45) is 5.92 Å². The van der Waals surface area contributed by atoms with E-state index in [4.69, 9.17) is 9.47 Å². The molecule has 0 aromatic carbocycles. The maximum absolute atomic E-state index is 11.8. The van der Waals surface area contributed by atoms with Crippen LogP contribution in [0, 0.1) is 5.92 Å². The Balaban J connectivity index is 2.77. The quantitative estimate of drug-likeness (QED) is 0.521. The fraction of sp³-hybridized carbons (Fsp3) is 0.917. The molecule has 0 N–H and O–H groups in total. The standard InChI is InChI=1S/C12H22O3/c1-6-7-8-11(4)12(15-11,9(2)3)10(13)14-5/h9H,6-8H2,1-5H3. The largest absolute Gasteiger partial charge is 0.467 e. The summed E-state index contributed by atoms with van der Waals surface area (Å²) in [6, 6.07) is 0. The van der Waals surface area contributed by atoms with Gasteiger partial charge in [0, 0.05) is 0 Å². The molecule has 88 valence electrons. The zero-order valence-corrected chi connectivity index (χ0v) is 10.4. The van der Waals surface area contributed by atoms with E-state index in [2.05, 4.69) is 6.92 Å². The van der Waals surface area contributed by atoms with E-state index in [1.807, 2.05) is 20.8 Å². The molecule has 0 radical (unpaired) electrons. The smallest absolute Gasteiger partial charge is 0.341 e. The van der Waals surface area contributed by atoms with Gasteiger partial charge in [-0.05, 0) is 19.3 Å². The summed E-state index contributed by atoms with van der Waals surface area (Å²) in [7, 11) is 1.42. The molecule has 0 bridgehead atoms. The van der Waals surface area contributed by atoms with Crippen molar-refractivity contribution in [2.75, 3.05) is 7.11 Å². The van der Waals surface area contributed by atoms with Gasteiger partial charge in [0.1, 0.15) is 5.60 Å². The number of unbranched alkanes of at least 4 members (excludes halogenated alkanes) is 1. The average molecular weight is 214 g/mol. The Labute approximate surface area is 92.1 Å². The molecule has 3 nitrogen and oxygen atoms in total. The molecule has 3 heteroatoms. The van der Waals surface area contributed by atoms with Crippen molar-refractivity contribution in [1.82, 2.24) is 0 Å². The topological polar surface area (TPSA) is 38.8 Å². The third-order valence-electron chi connectivity index (χ3n) is 3.44. The third-order valence-corrected chi connectivity index (χ3v) is 3.44. The van der Waals surface area contributed by atoms with Crippen LogP contribution in [0.25, 0.3) is 0 Å². The Hall–Kier alpha value is -0.570. The Morgan fingerprint density at radius 3 is 2.47 bits per heavy atom. The number of hydrogen-bond acceptors (Lipinski definition) is 3. The summed E-state index contributed by atoms with van der Waals surface area (Å²) in [5.74, 6) is -0.0668. The number of hydrogen-bond donors (Lipinski definition) is 0. The Kier molecular flexibility index (Phi) is 3.44. The molecule has 2 unspecified atom stereocenters. The molecule has 15 heavy (non-hydrogen) atoms. The van der Waals surface area contributed by atoms with E-state index in [0.717, 1.165) is 19.3 Å². The van der Waals surface area contributed by atoms with E-state index in [0.29, 0.717) is 0 Å². The Morgan fingerprint density at radius 1 is 1.47 bits per heavy atom. The fourth-order valence-corrected chi connectivity index (χ4v) is 2.45. The predicted molar refractivity (Wildman–Crippen MR) is 58.6 cm³/mol. The molecular formula is C12H22O3. The van der Waals surface area contributed by atoms with Crippen molar-refractivity contribution in [3.8, 4) is 0 Å². The van der Waals surface area contributed by atoms with Gasteiger partial charge in [-0.2, -0.15) is 0 Å². The van der Waals surface area contributed by atoms with Crippen LogP contribution in [-0.4, -0.2) is 24.3 Å². The number of epoxide rings is 1. The lowest BCUT2D eigenvalue weighted by molar-refractivity contribution is -0.148. The van der Waals surface area contributed by atoms with Crippen molar-refractivity contribution in [2.45, 2.75) is 58.2 Å². The molecule has 0 spiro atoms. The maximum atomic E-state index is 11.8. The van der Waals surface area contributed by atoms with E-state index in [1.165, 1.54) is 7.11 Å². The fourth-order valence-electron chi connectivity index (χ4n) is 2.45. The third kappa shape index (κ3) is 1.78. The zero-order valence-electron chi connectivity index (χ0n) is 10.4. The molecule has 0 aromatic heterocycles. The van der Waals surface area contributed by atoms with E-state index in [9.17, 15) is 4.79 Å². The molecule has 1 heterocycles. The highest BCUT2D eigenvalue weighted by Crippen LogP contribution is 2.56. The summed E-state index contributed by atoms with van der Waals surface area (Å²) in [5.41, 5.74) is -1.01. The van der Waals surface area contributed by atoms with Gasteiger partial charge in [0.05, 0.1) is 7.11 Å². The first-order valence-corrected chi connectivity index (χ1v) is 5.73. The van der Waals surface area contributed by atoms with Gasteiger partial charge in [0.2, 0.25) is 0 Å². The van der Waals surface area contributed by atoms with Crippen molar-refractivity contribution >= 4 is 5.97 Å². The lowest BCUT2D eigenvalue weighted by atomic mass is 9.82. The van der Waals surface area contributed by atoms with Crippen LogP contribution < -0.4 is 0 Å². The number of esters is 1. The molecule has 0 aromatic rings. The van der Waals surface area contributed by atoms with Gasteiger partial charge >= 0.3 is 5.97 Å². The lowest BCUT2D eigenvalue weighted by Gasteiger charge is -2.18. The van der Waals surface area contributed by atoms with Gasteiger partial charge in [-0.15, -0.1) is 0 Å². The number of methoxy groups -OCH3 is 1. The summed E-state index contributed by atoms with van der Waals surface area (Å²) in [4.78, 5) is 11.8. The molecular weight excluding hydrogens is 192 g/mol. The first-order chi connectivity index (χ1) is 6.94. The number of carbonyl (C=O) groups excluding carboxylic acids is 1. The van der Waals surface area contributed by atoms with Crippen molar-refractivity contribution in [3.63, 3.8) is 0 Å². The normalized spacial score (nSPS) is 34.3. The van der Waals surface area contributed by atoms with Gasteiger partial charge in [0.15, 0.2) is 5.60 Å². The monoisotopic (exact) mass is 214 g/mol. The first-order valence-electron chi connectivity index (χ1n) is 5.73. The van der Waals surface area contributed by atoms with Crippen LogP contribution in [0.3, 0.4) is 0 Å². The van der Waals surface area contributed by atoms with Crippen molar-refractivity contribution in [3.05, 3.63) is 0 Å². The summed E-state index contributed by atoms with van der Waals surface area (Å²) in [6.07, 6.45) is 3.13. The van der Waals surface area contributed by atoms with E-state index in [-0.39, 0.29) is 17.5 Å². The summed E-state index contributed by atoms with van der Waals surface area (Å²) < 4.78 is 10.6.